The van der Waals surface area contributed by atoms with Gasteiger partial charge in [0, 0.05) is 0 Å². The molecule has 0 bridgehead atoms. The predicted molar refractivity (Wildman–Crippen MR) is 71.0 cm³/mol. The van der Waals surface area contributed by atoms with Crippen LogP contribution < -0.4 is 15.2 Å². The van der Waals surface area contributed by atoms with E-state index >= 15 is 0 Å². The van der Waals surface area contributed by atoms with E-state index in [0.717, 1.165) is 6.07 Å². The molecule has 8 heteroatoms. The molecule has 1 amide bonds. The molecule has 106 valence electrons. The molecule has 1 heterocycles. The Morgan fingerprint density at radius 1 is 1.25 bits per heavy atom. The van der Waals surface area contributed by atoms with E-state index in [1.165, 1.54) is 13.2 Å². The first-order chi connectivity index (χ1) is 9.41. The molecule has 7 nitrogen and oxygen atoms in total. The predicted octanol–water partition coefficient (Wildman–Crippen LogP) is 1.19. The third kappa shape index (κ3) is 2.98. The van der Waals surface area contributed by atoms with Crippen LogP contribution in [0.25, 0.3) is 0 Å². The van der Waals surface area contributed by atoms with Gasteiger partial charge >= 0.3 is 0 Å². The molecule has 0 aliphatic heterocycles. The van der Waals surface area contributed by atoms with E-state index < -0.39 is 21.0 Å². The second-order valence-corrected chi connectivity index (χ2v) is 5.31. The van der Waals surface area contributed by atoms with Gasteiger partial charge < -0.3 is 14.5 Å². The first-order valence-electron chi connectivity index (χ1n) is 5.49. The van der Waals surface area contributed by atoms with Crippen molar-refractivity contribution >= 4 is 21.6 Å². The van der Waals surface area contributed by atoms with Crippen LogP contribution in [-0.2, 0) is 10.0 Å². The summed E-state index contributed by atoms with van der Waals surface area (Å²) < 4.78 is 32.1. The van der Waals surface area contributed by atoms with Gasteiger partial charge in [0.1, 0.15) is 5.75 Å². The van der Waals surface area contributed by atoms with Crippen molar-refractivity contribution in [1.82, 2.24) is 0 Å². The highest BCUT2D eigenvalue weighted by atomic mass is 32.2. The van der Waals surface area contributed by atoms with Crippen molar-refractivity contribution < 1.29 is 22.4 Å². The number of hydrogen-bond donors (Lipinski definition) is 2. The SMILES string of the molecule is COc1ccccc1NC(=O)c1ccc(S(N)(=O)=O)o1. The van der Waals surface area contributed by atoms with Crippen molar-refractivity contribution in [3.63, 3.8) is 0 Å². The molecule has 0 radical (unpaired) electrons. The van der Waals surface area contributed by atoms with Crippen LogP contribution in [0.2, 0.25) is 0 Å². The summed E-state index contributed by atoms with van der Waals surface area (Å²) in [5, 5.41) is 6.97. The van der Waals surface area contributed by atoms with Gasteiger partial charge in [-0.25, -0.2) is 13.6 Å². The Bertz CT molecular complexity index is 736. The van der Waals surface area contributed by atoms with Crippen LogP contribution in [0, 0.1) is 0 Å². The van der Waals surface area contributed by atoms with E-state index in [4.69, 9.17) is 14.3 Å². The minimum atomic E-state index is -3.97. The molecule has 3 N–H and O–H groups in total. The number of nitrogens with two attached hydrogens (primary N) is 1. The van der Waals surface area contributed by atoms with Crippen LogP contribution in [0.4, 0.5) is 5.69 Å². The number of ether oxygens (including phenoxy) is 1. The maximum Gasteiger partial charge on any atom is 0.291 e. The Kier molecular flexibility index (Phi) is 3.77. The third-order valence-electron chi connectivity index (χ3n) is 2.44. The number of primary sulfonamides is 1. The van der Waals surface area contributed by atoms with Gasteiger partial charge in [-0.05, 0) is 24.3 Å². The fourth-order valence-corrected chi connectivity index (χ4v) is 1.99. The quantitative estimate of drug-likeness (QED) is 0.880. The lowest BCUT2D eigenvalue weighted by molar-refractivity contribution is 0.0991. The van der Waals surface area contributed by atoms with E-state index in [1.54, 1.807) is 24.3 Å². The molecule has 0 saturated carbocycles. The Morgan fingerprint density at radius 2 is 1.95 bits per heavy atom. The average molecular weight is 296 g/mol. The summed E-state index contributed by atoms with van der Waals surface area (Å²) in [6, 6.07) is 9.13. The Labute approximate surface area is 115 Å². The molecule has 2 rings (SSSR count). The molecule has 20 heavy (non-hydrogen) atoms. The highest BCUT2D eigenvalue weighted by molar-refractivity contribution is 7.89. The van der Waals surface area contributed by atoms with Crippen LogP contribution in [0.15, 0.2) is 45.9 Å². The normalized spacial score (nSPS) is 11.1. The van der Waals surface area contributed by atoms with Gasteiger partial charge in [0.25, 0.3) is 15.9 Å². The fourth-order valence-electron chi connectivity index (χ4n) is 1.53. The van der Waals surface area contributed by atoms with Gasteiger partial charge in [-0.15, -0.1) is 0 Å². The number of rotatable bonds is 4. The number of furan rings is 1. The Balaban J connectivity index is 2.22. The summed E-state index contributed by atoms with van der Waals surface area (Å²) in [6.07, 6.45) is 0. The Morgan fingerprint density at radius 3 is 2.55 bits per heavy atom. The summed E-state index contributed by atoms with van der Waals surface area (Å²) in [4.78, 5) is 11.9. The van der Waals surface area contributed by atoms with Crippen LogP contribution >= 0.6 is 0 Å². The number of hydrogen-bond acceptors (Lipinski definition) is 5. The average Bonchev–Trinajstić information content (AvgIpc) is 2.89. The number of para-hydroxylation sites is 2. The number of anilines is 1. The zero-order chi connectivity index (χ0) is 14.8. The molecule has 0 aliphatic carbocycles. The number of carbonyl (C=O) groups excluding carboxylic acids is 1. The highest BCUT2D eigenvalue weighted by Crippen LogP contribution is 2.24. The van der Waals surface area contributed by atoms with Crippen molar-refractivity contribution in [2.75, 3.05) is 12.4 Å². The van der Waals surface area contributed by atoms with Gasteiger partial charge in [-0.3, -0.25) is 4.79 Å². The summed E-state index contributed by atoms with van der Waals surface area (Å²) in [7, 11) is -2.50. The van der Waals surface area contributed by atoms with Crippen LogP contribution in [0.1, 0.15) is 10.6 Å². The monoisotopic (exact) mass is 296 g/mol. The minimum Gasteiger partial charge on any atom is -0.495 e. The lowest BCUT2D eigenvalue weighted by atomic mass is 10.3. The molecular formula is C12H12N2O5S. The van der Waals surface area contributed by atoms with Gasteiger partial charge in [-0.2, -0.15) is 0 Å². The van der Waals surface area contributed by atoms with Gasteiger partial charge in [-0.1, -0.05) is 12.1 Å². The van der Waals surface area contributed by atoms with Crippen LogP contribution in [0.3, 0.4) is 0 Å². The summed E-state index contributed by atoms with van der Waals surface area (Å²) in [5.41, 5.74) is 0.438. The lowest BCUT2D eigenvalue weighted by Gasteiger charge is -2.08. The Hall–Kier alpha value is -2.32. The largest absolute Gasteiger partial charge is 0.495 e. The highest BCUT2D eigenvalue weighted by Gasteiger charge is 2.18. The van der Waals surface area contributed by atoms with E-state index in [0.29, 0.717) is 11.4 Å². The molecule has 2 aromatic rings. The molecule has 0 fully saturated rings. The lowest BCUT2D eigenvalue weighted by Crippen LogP contribution is -2.13. The number of carbonyl (C=O) groups is 1. The van der Waals surface area contributed by atoms with Crippen molar-refractivity contribution in [3.05, 3.63) is 42.2 Å². The maximum atomic E-state index is 11.9. The molecule has 1 aromatic heterocycles. The van der Waals surface area contributed by atoms with E-state index in [-0.39, 0.29) is 5.76 Å². The van der Waals surface area contributed by atoms with Crippen LogP contribution in [-0.4, -0.2) is 21.4 Å². The van der Waals surface area contributed by atoms with E-state index in [2.05, 4.69) is 5.32 Å². The number of methoxy groups -OCH3 is 1. The standard InChI is InChI=1S/C12H12N2O5S/c1-18-9-5-3-2-4-8(9)14-12(15)10-6-7-11(19-10)20(13,16)17/h2-7H,1H3,(H,14,15)(H2,13,16,17). The number of nitrogens with one attached hydrogen (secondary N) is 1. The number of benzene rings is 1. The summed E-state index contributed by atoms with van der Waals surface area (Å²) >= 11 is 0. The number of sulfonamides is 1. The topological polar surface area (TPSA) is 112 Å². The summed E-state index contributed by atoms with van der Waals surface area (Å²) in [6.45, 7) is 0. The van der Waals surface area contributed by atoms with E-state index in [9.17, 15) is 13.2 Å². The van der Waals surface area contributed by atoms with Gasteiger partial charge in [0.2, 0.25) is 5.09 Å². The molecule has 1 aromatic carbocycles. The second kappa shape index (κ2) is 5.35. The zero-order valence-electron chi connectivity index (χ0n) is 10.5. The molecule has 0 unspecified atom stereocenters. The molecule has 0 spiro atoms. The van der Waals surface area contributed by atoms with Gasteiger partial charge in [0.05, 0.1) is 12.8 Å². The first-order valence-corrected chi connectivity index (χ1v) is 7.03. The first kappa shape index (κ1) is 14.1. The fraction of sp³-hybridized carbons (Fsp3) is 0.0833. The van der Waals surface area contributed by atoms with Crippen molar-refractivity contribution in [2.24, 2.45) is 5.14 Å². The van der Waals surface area contributed by atoms with Crippen molar-refractivity contribution in [1.29, 1.82) is 0 Å². The number of amides is 1. The van der Waals surface area contributed by atoms with Gasteiger partial charge in [0.15, 0.2) is 5.76 Å². The molecular weight excluding hydrogens is 284 g/mol. The third-order valence-corrected chi connectivity index (χ3v) is 3.22. The van der Waals surface area contributed by atoms with Crippen LogP contribution in [0.5, 0.6) is 5.75 Å². The summed E-state index contributed by atoms with van der Waals surface area (Å²) in [5.74, 6) is -0.302. The second-order valence-electron chi connectivity index (χ2n) is 3.82. The molecule has 0 saturated heterocycles. The van der Waals surface area contributed by atoms with Crippen molar-refractivity contribution in [3.8, 4) is 5.75 Å². The zero-order valence-corrected chi connectivity index (χ0v) is 11.3. The molecule has 0 aliphatic rings. The maximum absolute atomic E-state index is 11.9. The van der Waals surface area contributed by atoms with E-state index in [1.807, 2.05) is 0 Å². The van der Waals surface area contributed by atoms with Crippen molar-refractivity contribution in [2.45, 2.75) is 5.09 Å². The minimum absolute atomic E-state index is 0.167. The molecule has 0 atom stereocenters. The smallest absolute Gasteiger partial charge is 0.291 e.